The van der Waals surface area contributed by atoms with Crippen LogP contribution in [0.25, 0.3) is 0 Å². The zero-order valence-electron chi connectivity index (χ0n) is 15.9. The summed E-state index contributed by atoms with van der Waals surface area (Å²) in [6, 6.07) is 22.4. The Balaban J connectivity index is -0.000000336. The molecule has 2 aromatic carbocycles. The van der Waals surface area contributed by atoms with Crippen molar-refractivity contribution in [2.45, 2.75) is 32.2 Å². The molecule has 131 valence electrons. The van der Waals surface area contributed by atoms with E-state index in [0.29, 0.717) is 0 Å². The number of nitrogens with zero attached hydrogens (tertiary/aromatic N) is 1. The van der Waals surface area contributed by atoms with Crippen LogP contribution in [0.3, 0.4) is 0 Å². The maximum atomic E-state index is 6.25. The minimum absolute atomic E-state index is 0. The number of rotatable bonds is 4. The Labute approximate surface area is 179 Å². The maximum Gasteiger partial charge on any atom is 1.00 e. The van der Waals surface area contributed by atoms with Gasteiger partial charge in [-0.2, -0.15) is 6.04 Å². The van der Waals surface area contributed by atoms with E-state index in [1.807, 2.05) is 0 Å². The third-order valence-electron chi connectivity index (χ3n) is 3.47. The molecule has 0 saturated heterocycles. The quantitative estimate of drug-likeness (QED) is 0.555. The van der Waals surface area contributed by atoms with Gasteiger partial charge in [-0.1, -0.05) is 97.2 Å². The Kier molecular flexibility index (Phi) is 19.3. The second kappa shape index (κ2) is 16.7. The molecule has 0 aliphatic rings. The van der Waals surface area contributed by atoms with Gasteiger partial charge in [-0.15, -0.1) is 0 Å². The van der Waals surface area contributed by atoms with Crippen molar-refractivity contribution in [1.82, 2.24) is 0 Å². The molecular weight excluding hydrogens is 381 g/mol. The number of hydrogen-bond donors (Lipinski definition) is 0. The van der Waals surface area contributed by atoms with Crippen molar-refractivity contribution in [2.24, 2.45) is 0 Å². The van der Waals surface area contributed by atoms with E-state index >= 15 is 0 Å². The molecule has 0 amide bonds. The topological polar surface area (TPSA) is 23.8 Å². The largest absolute Gasteiger partial charge is 1.00 e. The van der Waals surface area contributed by atoms with Crippen LogP contribution in [0.5, 0.6) is 0 Å². The predicted molar refractivity (Wildman–Crippen MR) is 106 cm³/mol. The van der Waals surface area contributed by atoms with E-state index in [0.717, 1.165) is 6.04 Å². The van der Waals surface area contributed by atoms with E-state index in [4.69, 9.17) is 11.8 Å². The zero-order valence-corrected chi connectivity index (χ0v) is 18.9. The van der Waals surface area contributed by atoms with E-state index in [-0.39, 0.29) is 44.7 Å². The molecule has 0 unspecified atom stereocenters. The monoisotopic (exact) mass is 406 g/mol. The van der Waals surface area contributed by atoms with Gasteiger partial charge in [0.15, 0.2) is 0 Å². The Morgan fingerprint density at radius 1 is 0.960 bits per heavy atom. The summed E-state index contributed by atoms with van der Waals surface area (Å²) >= 11 is 0. The summed E-state index contributed by atoms with van der Waals surface area (Å²) in [5.74, 6) is 0. The standard InChI is InChI=1S/C11H15Si.C8H11Si.CN.Cu.Li/c1-4-10-12(2,3)11-8-6-5-7-9-11;1-9(2)8-6-4-3-5-7-8;1-2;;/h5-9H,1,10H2,2-3H3;3-7H,1-2H3;;;/q-1;;-1;2*+1. The fourth-order valence-corrected chi connectivity index (χ4v) is 4.86. The van der Waals surface area contributed by atoms with Crippen LogP contribution in [0.4, 0.5) is 0 Å². The van der Waals surface area contributed by atoms with Gasteiger partial charge in [-0.25, -0.2) is 0 Å². The van der Waals surface area contributed by atoms with Crippen LogP contribution >= 0.6 is 0 Å². The first-order valence-electron chi connectivity index (χ1n) is 7.61. The van der Waals surface area contributed by atoms with Crippen molar-refractivity contribution in [2.75, 3.05) is 0 Å². The Hall–Kier alpha value is -0.779. The van der Waals surface area contributed by atoms with Gasteiger partial charge in [0.05, 0.1) is 16.9 Å². The molecular formula is C20H26CuLiNSi2. The molecule has 0 spiro atoms. The van der Waals surface area contributed by atoms with Gasteiger partial charge in [0, 0.05) is 0 Å². The summed E-state index contributed by atoms with van der Waals surface area (Å²) < 4.78 is 0. The van der Waals surface area contributed by atoms with Crippen LogP contribution in [0, 0.1) is 17.9 Å². The van der Waals surface area contributed by atoms with Gasteiger partial charge in [-0.05, 0) is 0 Å². The molecule has 0 fully saturated rings. The molecule has 0 atom stereocenters. The molecule has 0 N–H and O–H groups in total. The first-order valence-corrected chi connectivity index (χ1v) is 13.3. The van der Waals surface area contributed by atoms with Crippen LogP contribution < -0.4 is 29.2 Å². The van der Waals surface area contributed by atoms with Crippen LogP contribution in [-0.2, 0) is 17.1 Å². The van der Waals surface area contributed by atoms with Crippen molar-refractivity contribution in [3.05, 3.63) is 79.9 Å². The summed E-state index contributed by atoms with van der Waals surface area (Å²) in [7, 11) is -1.47. The van der Waals surface area contributed by atoms with Crippen molar-refractivity contribution in [3.63, 3.8) is 0 Å². The summed E-state index contributed by atoms with van der Waals surface area (Å²) in [5, 5.41) is 9.25. The summed E-state index contributed by atoms with van der Waals surface area (Å²) in [6.45, 7) is 17.7. The van der Waals surface area contributed by atoms with E-state index in [1.54, 1.807) is 0 Å². The molecule has 2 aromatic rings. The molecule has 0 saturated carbocycles. The van der Waals surface area contributed by atoms with Gasteiger partial charge in [0.2, 0.25) is 0 Å². The first-order chi connectivity index (χ1) is 11.0. The van der Waals surface area contributed by atoms with Crippen molar-refractivity contribution < 1.29 is 35.9 Å². The van der Waals surface area contributed by atoms with Gasteiger partial charge >= 0.3 is 35.9 Å². The molecule has 0 aliphatic carbocycles. The molecule has 5 heteroatoms. The van der Waals surface area contributed by atoms with E-state index in [2.05, 4.69) is 99.5 Å². The molecule has 25 heavy (non-hydrogen) atoms. The summed E-state index contributed by atoms with van der Waals surface area (Å²) in [4.78, 5) is 0. The number of allylic oxidation sites excluding steroid dienone is 1. The van der Waals surface area contributed by atoms with Crippen LogP contribution in [0.15, 0.2) is 67.2 Å². The van der Waals surface area contributed by atoms with Crippen LogP contribution in [0.1, 0.15) is 0 Å². The van der Waals surface area contributed by atoms with Crippen molar-refractivity contribution in [1.29, 1.82) is 5.26 Å². The van der Waals surface area contributed by atoms with Crippen LogP contribution in [0.2, 0.25) is 32.2 Å². The minimum atomic E-state index is -1.25. The Morgan fingerprint density at radius 2 is 1.36 bits per heavy atom. The molecule has 0 aromatic heterocycles. The number of benzene rings is 2. The second-order valence-electron chi connectivity index (χ2n) is 6.04. The Morgan fingerprint density at radius 3 is 1.68 bits per heavy atom. The molecule has 0 bridgehead atoms. The SMILES string of the molecule is C=[C-]C[Si](C)(C)c1ccccc1.C[Si](C)c1ccccc1.[C-]#N.[Cu+].[Li+]. The van der Waals surface area contributed by atoms with Crippen LogP contribution in [-0.4, -0.2) is 16.9 Å². The van der Waals surface area contributed by atoms with Gasteiger partial charge < -0.3 is 17.9 Å². The van der Waals surface area contributed by atoms with E-state index < -0.39 is 8.07 Å². The summed E-state index contributed by atoms with van der Waals surface area (Å²) in [6.07, 6.45) is 3.02. The molecule has 2 rings (SSSR count). The number of hydrogen-bond acceptors (Lipinski definition) is 1. The first kappa shape index (κ1) is 29.0. The van der Waals surface area contributed by atoms with E-state index in [9.17, 15) is 0 Å². The third kappa shape index (κ3) is 12.2. The average Bonchev–Trinajstić information content (AvgIpc) is 2.59. The third-order valence-corrected chi connectivity index (χ3v) is 7.99. The van der Waals surface area contributed by atoms with E-state index in [1.165, 1.54) is 10.4 Å². The van der Waals surface area contributed by atoms with Gasteiger partial charge in [-0.3, -0.25) is 6.58 Å². The second-order valence-corrected chi connectivity index (χ2v) is 13.3. The predicted octanol–water partition coefficient (Wildman–Crippen LogP) is 1.34. The summed E-state index contributed by atoms with van der Waals surface area (Å²) in [5.41, 5.74) is 0. The zero-order chi connectivity index (χ0) is 17.7. The normalized spacial score (nSPS) is 9.08. The smallest absolute Gasteiger partial charge is 0.512 e. The fourth-order valence-electron chi connectivity index (χ4n) is 2.08. The van der Waals surface area contributed by atoms with Crippen molar-refractivity contribution in [3.8, 4) is 0 Å². The fraction of sp³-hybridized carbons (Fsp3) is 0.250. The Bertz CT molecular complexity index is 572. The maximum absolute atomic E-state index is 6.25. The van der Waals surface area contributed by atoms with Gasteiger partial charge in [0.1, 0.15) is 0 Å². The molecule has 0 heterocycles. The molecule has 0 aliphatic heterocycles. The average molecular weight is 407 g/mol. The molecule has 1 radical (unpaired) electrons. The van der Waals surface area contributed by atoms with Crippen molar-refractivity contribution >= 4 is 27.2 Å². The molecule has 1 nitrogen and oxygen atoms in total. The van der Waals surface area contributed by atoms with Gasteiger partial charge in [0.25, 0.3) is 0 Å². The minimum Gasteiger partial charge on any atom is -0.512 e.